The van der Waals surface area contributed by atoms with Crippen LogP contribution in [0, 0.1) is 21.4 Å². The Morgan fingerprint density at radius 1 is 1.21 bits per heavy atom. The topological polar surface area (TPSA) is 76.2 Å². The van der Waals surface area contributed by atoms with Crippen molar-refractivity contribution in [3.63, 3.8) is 0 Å². The Balaban J connectivity index is 2.22. The number of nitro benzene ring substituents is 1. The van der Waals surface area contributed by atoms with Gasteiger partial charge in [-0.2, -0.15) is 5.26 Å². The number of nitrogens with zero attached hydrogens (tertiary/aromatic N) is 2. The lowest BCUT2D eigenvalue weighted by molar-refractivity contribution is -0.384. The lowest BCUT2D eigenvalue weighted by Crippen LogP contribution is -1.89. The van der Waals surface area contributed by atoms with Gasteiger partial charge in [-0.3, -0.25) is 10.1 Å². The third kappa shape index (κ3) is 3.09. The van der Waals surface area contributed by atoms with E-state index < -0.39 is 4.92 Å². The lowest BCUT2D eigenvalue weighted by Gasteiger charge is -2.07. The highest BCUT2D eigenvalue weighted by Crippen LogP contribution is 2.31. The maximum atomic E-state index is 10.5. The molecule has 0 heterocycles. The first-order chi connectivity index (χ1) is 9.10. The fourth-order valence-electron chi connectivity index (χ4n) is 1.42. The van der Waals surface area contributed by atoms with Crippen molar-refractivity contribution in [1.82, 2.24) is 0 Å². The normalized spacial score (nSPS) is 9.68. The van der Waals surface area contributed by atoms with Crippen molar-refractivity contribution in [3.8, 4) is 17.6 Å². The highest BCUT2D eigenvalue weighted by molar-refractivity contribution is 9.10. The molecule has 0 N–H and O–H groups in total. The highest BCUT2D eigenvalue weighted by atomic mass is 79.9. The fourth-order valence-corrected chi connectivity index (χ4v) is 1.88. The van der Waals surface area contributed by atoms with Crippen LogP contribution in [-0.4, -0.2) is 4.92 Å². The zero-order chi connectivity index (χ0) is 13.8. The Labute approximate surface area is 117 Å². The number of hydrogen-bond acceptors (Lipinski definition) is 4. The van der Waals surface area contributed by atoms with E-state index in [0.29, 0.717) is 21.5 Å². The van der Waals surface area contributed by atoms with E-state index in [1.54, 1.807) is 18.2 Å². The third-order valence-electron chi connectivity index (χ3n) is 2.34. The Morgan fingerprint density at radius 3 is 2.42 bits per heavy atom. The molecule has 2 aromatic rings. The average molecular weight is 319 g/mol. The van der Waals surface area contributed by atoms with E-state index in [2.05, 4.69) is 15.9 Å². The molecule has 19 heavy (non-hydrogen) atoms. The van der Waals surface area contributed by atoms with Crippen LogP contribution in [-0.2, 0) is 0 Å². The van der Waals surface area contributed by atoms with Gasteiger partial charge in [0.1, 0.15) is 11.5 Å². The number of halogens is 1. The summed E-state index contributed by atoms with van der Waals surface area (Å²) in [4.78, 5) is 10.1. The summed E-state index contributed by atoms with van der Waals surface area (Å²) in [6.07, 6.45) is 0. The number of nitro groups is 1. The maximum absolute atomic E-state index is 10.5. The second-order valence-electron chi connectivity index (χ2n) is 3.61. The van der Waals surface area contributed by atoms with E-state index in [4.69, 9.17) is 10.00 Å². The molecule has 0 radical (unpaired) electrons. The van der Waals surface area contributed by atoms with Crippen molar-refractivity contribution in [2.75, 3.05) is 0 Å². The number of rotatable bonds is 3. The van der Waals surface area contributed by atoms with E-state index in [0.717, 1.165) is 0 Å². The molecule has 0 aliphatic rings. The molecule has 94 valence electrons. The van der Waals surface area contributed by atoms with Gasteiger partial charge in [0.05, 0.1) is 21.0 Å². The van der Waals surface area contributed by atoms with E-state index in [-0.39, 0.29) is 5.69 Å². The molecule has 0 saturated heterocycles. The van der Waals surface area contributed by atoms with Crippen LogP contribution in [0.1, 0.15) is 5.56 Å². The first-order valence-electron chi connectivity index (χ1n) is 5.22. The quantitative estimate of drug-likeness (QED) is 0.632. The predicted octanol–water partition coefficient (Wildman–Crippen LogP) is 4.02. The molecule has 0 aliphatic carbocycles. The summed E-state index contributed by atoms with van der Waals surface area (Å²) >= 11 is 3.30. The van der Waals surface area contributed by atoms with Crippen LogP contribution < -0.4 is 4.74 Å². The maximum Gasteiger partial charge on any atom is 0.269 e. The molecule has 0 fully saturated rings. The molecule has 0 saturated carbocycles. The average Bonchev–Trinajstić information content (AvgIpc) is 2.41. The van der Waals surface area contributed by atoms with Gasteiger partial charge in [0, 0.05) is 12.1 Å². The molecule has 0 amide bonds. The van der Waals surface area contributed by atoms with E-state index in [1.165, 1.54) is 24.3 Å². The molecule has 0 bridgehead atoms. The number of nitriles is 1. The molecular weight excluding hydrogens is 312 g/mol. The van der Waals surface area contributed by atoms with Crippen LogP contribution in [0.15, 0.2) is 46.9 Å². The number of ether oxygens (including phenoxy) is 1. The first kappa shape index (κ1) is 13.1. The standard InChI is InChI=1S/C13H7BrN2O3/c14-12-7-9(8-15)1-6-13(12)19-11-4-2-10(3-5-11)16(17)18/h1-7H. The Bertz CT molecular complexity index is 663. The largest absolute Gasteiger partial charge is 0.456 e. The molecule has 0 aliphatic heterocycles. The summed E-state index contributed by atoms with van der Waals surface area (Å²) < 4.78 is 6.21. The van der Waals surface area contributed by atoms with Gasteiger partial charge in [-0.25, -0.2) is 0 Å². The van der Waals surface area contributed by atoms with E-state index in [1.807, 2.05) is 6.07 Å². The van der Waals surface area contributed by atoms with Crippen LogP contribution in [0.4, 0.5) is 5.69 Å². The van der Waals surface area contributed by atoms with Crippen molar-refractivity contribution in [2.45, 2.75) is 0 Å². The zero-order valence-corrected chi connectivity index (χ0v) is 11.1. The second-order valence-corrected chi connectivity index (χ2v) is 4.46. The molecule has 5 nitrogen and oxygen atoms in total. The minimum atomic E-state index is -0.471. The van der Waals surface area contributed by atoms with Crippen LogP contribution in [0.25, 0.3) is 0 Å². The van der Waals surface area contributed by atoms with Crippen LogP contribution in [0.5, 0.6) is 11.5 Å². The molecule has 0 unspecified atom stereocenters. The summed E-state index contributed by atoms with van der Waals surface area (Å²) in [5.74, 6) is 1.02. The first-order valence-corrected chi connectivity index (χ1v) is 6.01. The smallest absolute Gasteiger partial charge is 0.269 e. The van der Waals surface area contributed by atoms with Crippen molar-refractivity contribution in [3.05, 3.63) is 62.6 Å². The molecule has 6 heteroatoms. The summed E-state index contributed by atoms with van der Waals surface area (Å²) in [5.41, 5.74) is 0.522. The van der Waals surface area contributed by atoms with Gasteiger partial charge in [-0.15, -0.1) is 0 Å². The van der Waals surface area contributed by atoms with Crippen molar-refractivity contribution in [1.29, 1.82) is 5.26 Å². The van der Waals surface area contributed by atoms with Crippen LogP contribution in [0.3, 0.4) is 0 Å². The van der Waals surface area contributed by atoms with Gasteiger partial charge in [0.2, 0.25) is 0 Å². The highest BCUT2D eigenvalue weighted by Gasteiger charge is 2.07. The Hall–Kier alpha value is -2.39. The molecule has 0 aromatic heterocycles. The summed E-state index contributed by atoms with van der Waals surface area (Å²) in [6, 6.07) is 12.7. The molecular formula is C13H7BrN2O3. The number of benzene rings is 2. The SMILES string of the molecule is N#Cc1ccc(Oc2ccc([N+](=O)[O-])cc2)c(Br)c1. The zero-order valence-electron chi connectivity index (χ0n) is 9.54. The van der Waals surface area contributed by atoms with Crippen molar-refractivity contribution in [2.24, 2.45) is 0 Å². The van der Waals surface area contributed by atoms with Gasteiger partial charge in [-0.1, -0.05) is 0 Å². The van der Waals surface area contributed by atoms with E-state index in [9.17, 15) is 10.1 Å². The predicted molar refractivity (Wildman–Crippen MR) is 72.0 cm³/mol. The molecule has 0 atom stereocenters. The fraction of sp³-hybridized carbons (Fsp3) is 0. The van der Waals surface area contributed by atoms with Crippen LogP contribution in [0.2, 0.25) is 0 Å². The van der Waals surface area contributed by atoms with Crippen LogP contribution >= 0.6 is 15.9 Å². The van der Waals surface area contributed by atoms with Crippen molar-refractivity contribution >= 4 is 21.6 Å². The Kier molecular flexibility index (Phi) is 3.78. The lowest BCUT2D eigenvalue weighted by atomic mass is 10.2. The van der Waals surface area contributed by atoms with Gasteiger partial charge in [0.25, 0.3) is 5.69 Å². The number of hydrogen-bond donors (Lipinski definition) is 0. The summed E-state index contributed by atoms with van der Waals surface area (Å²) in [5, 5.41) is 19.3. The summed E-state index contributed by atoms with van der Waals surface area (Å²) in [6.45, 7) is 0. The van der Waals surface area contributed by atoms with Crippen molar-refractivity contribution < 1.29 is 9.66 Å². The monoisotopic (exact) mass is 318 g/mol. The minimum absolute atomic E-state index is 0.00578. The molecule has 0 spiro atoms. The summed E-state index contributed by atoms with van der Waals surface area (Å²) in [7, 11) is 0. The molecule has 2 aromatic carbocycles. The van der Waals surface area contributed by atoms with Gasteiger partial charge >= 0.3 is 0 Å². The van der Waals surface area contributed by atoms with Gasteiger partial charge in [0.15, 0.2) is 0 Å². The van der Waals surface area contributed by atoms with Gasteiger partial charge < -0.3 is 4.74 Å². The number of non-ortho nitro benzene ring substituents is 1. The molecule has 2 rings (SSSR count). The minimum Gasteiger partial charge on any atom is -0.456 e. The Morgan fingerprint density at radius 2 is 1.89 bits per heavy atom. The third-order valence-corrected chi connectivity index (χ3v) is 2.96. The van der Waals surface area contributed by atoms with Gasteiger partial charge in [-0.05, 0) is 46.3 Å². The second kappa shape index (κ2) is 5.50. The van der Waals surface area contributed by atoms with E-state index >= 15 is 0 Å².